The predicted octanol–water partition coefficient (Wildman–Crippen LogP) is 8.50. The lowest BCUT2D eigenvalue weighted by Gasteiger charge is -2.55. The molecule has 1 N–H and O–H groups in total. The van der Waals surface area contributed by atoms with Crippen LogP contribution in [0.15, 0.2) is 59.5 Å². The molecule has 4 aliphatic rings. The van der Waals surface area contributed by atoms with Crippen LogP contribution in [0.3, 0.4) is 0 Å². The number of aliphatic hydroxyl groups excluding tert-OH is 1. The number of ether oxygens (including phenoxy) is 8. The maximum Gasteiger partial charge on any atom is 0.341 e. The van der Waals surface area contributed by atoms with Crippen molar-refractivity contribution in [3.05, 3.63) is 54.6 Å². The third kappa shape index (κ3) is 11.1. The van der Waals surface area contributed by atoms with Crippen molar-refractivity contribution in [1.29, 1.82) is 0 Å². The summed E-state index contributed by atoms with van der Waals surface area (Å²) in [6.45, 7) is 32.2. The van der Waals surface area contributed by atoms with E-state index >= 15 is 0 Å². The second-order valence-electron chi connectivity index (χ2n) is 20.9. The molecule has 1 unspecified atom stereocenters. The molecule has 2 spiro atoms. The molecule has 15 heteroatoms. The van der Waals surface area contributed by atoms with E-state index < -0.39 is 88.8 Å². The number of carbonyl (C=O) groups is 1. The number of benzene rings is 1. The lowest BCUT2D eigenvalue weighted by molar-refractivity contribution is -0.425. The maximum atomic E-state index is 15.0. The summed E-state index contributed by atoms with van der Waals surface area (Å²) in [6.07, 6.45) is 0.275. The molecule has 63 heavy (non-hydrogen) atoms. The molecule has 4 fully saturated rings. The van der Waals surface area contributed by atoms with E-state index in [-0.39, 0.29) is 53.4 Å². The van der Waals surface area contributed by atoms with Gasteiger partial charge in [0.1, 0.15) is 12.2 Å². The van der Waals surface area contributed by atoms with E-state index in [1.165, 1.54) is 19.2 Å². The molecule has 0 amide bonds. The van der Waals surface area contributed by atoms with Gasteiger partial charge in [-0.3, -0.25) is 0 Å². The van der Waals surface area contributed by atoms with Crippen LogP contribution in [0.4, 0.5) is 0 Å². The van der Waals surface area contributed by atoms with E-state index in [1.807, 2.05) is 40.7 Å². The van der Waals surface area contributed by atoms with E-state index in [0.717, 1.165) is 5.57 Å². The minimum atomic E-state index is -4.24. The first kappa shape index (κ1) is 52.0. The average molecular weight is 923 g/mol. The fourth-order valence-electron chi connectivity index (χ4n) is 9.76. The van der Waals surface area contributed by atoms with Gasteiger partial charge in [-0.15, -0.1) is 6.58 Å². The molecule has 13 nitrogen and oxygen atoms in total. The van der Waals surface area contributed by atoms with Gasteiger partial charge in [0, 0.05) is 31.3 Å². The largest absolute Gasteiger partial charge is 0.464 e. The zero-order chi connectivity index (χ0) is 47.1. The van der Waals surface area contributed by atoms with Gasteiger partial charge in [0.25, 0.3) is 0 Å². The Kier molecular flexibility index (Phi) is 15.9. The Morgan fingerprint density at radius 2 is 1.67 bits per heavy atom. The van der Waals surface area contributed by atoms with Crippen molar-refractivity contribution in [2.24, 2.45) is 23.7 Å². The van der Waals surface area contributed by atoms with Crippen molar-refractivity contribution >= 4 is 24.1 Å². The van der Waals surface area contributed by atoms with Gasteiger partial charge in [0.05, 0.1) is 41.7 Å². The fourth-order valence-corrected chi connectivity index (χ4v) is 13.2. The summed E-state index contributed by atoms with van der Waals surface area (Å²) in [5.41, 5.74) is 0.889. The van der Waals surface area contributed by atoms with E-state index in [4.69, 9.17) is 42.3 Å². The van der Waals surface area contributed by atoms with Crippen LogP contribution in [0.5, 0.6) is 0 Å². The highest BCUT2D eigenvalue weighted by atomic mass is 32.2. The van der Waals surface area contributed by atoms with E-state index in [1.54, 1.807) is 39.0 Å². The number of carbonyl (C=O) groups excluding carboxylic acids is 1. The first-order valence-electron chi connectivity index (χ1n) is 22.8. The molecule has 0 bridgehead atoms. The van der Waals surface area contributed by atoms with Crippen molar-refractivity contribution in [2.45, 2.75) is 197 Å². The van der Waals surface area contributed by atoms with Gasteiger partial charge in [-0.1, -0.05) is 77.5 Å². The number of rotatable bonds is 15. The number of sulfone groups is 1. The summed E-state index contributed by atoms with van der Waals surface area (Å²) in [6, 6.07) is 8.14. The monoisotopic (exact) mass is 922 g/mol. The van der Waals surface area contributed by atoms with Crippen molar-refractivity contribution in [1.82, 2.24) is 0 Å². The summed E-state index contributed by atoms with van der Waals surface area (Å²) < 4.78 is 87.7. The topological polar surface area (TPSA) is 155 Å². The van der Waals surface area contributed by atoms with Crippen molar-refractivity contribution in [2.75, 3.05) is 20.3 Å². The van der Waals surface area contributed by atoms with Crippen molar-refractivity contribution in [3.63, 3.8) is 0 Å². The molecular weight excluding hydrogens is 845 g/mol. The Labute approximate surface area is 378 Å². The average Bonchev–Trinajstić information content (AvgIpc) is 3.46. The molecule has 4 saturated heterocycles. The Morgan fingerprint density at radius 1 is 1.03 bits per heavy atom. The summed E-state index contributed by atoms with van der Waals surface area (Å²) in [5, 5.41) is 11.3. The molecule has 1 aromatic carbocycles. The minimum Gasteiger partial charge on any atom is -0.464 e. The number of hydrogen-bond donors (Lipinski definition) is 1. The standard InChI is InChI=1S/C48H78O13SSi/c1-17-31(4)38-28-47(60-45(10,11)56-38)34(27-35(29-55-47)59-63(15,16)44(7,8)9)25-30(3)24-32(5)41(62(51,52)36-22-20-19-21-23-36)39(49)40-37(53-14)26-33(6)48(57-40)42(43(50)54-18-2)58-46(12,13)61-48/h17,19-23,25,31-35,37-42,49H,1,18,24,26-29H2,2-16H3/b30-25+/t31-,32-,33+,34-,35+,37-,38-,39+,40-,41?,42-,47+,48-/m0/s1. The molecule has 0 aromatic heterocycles. The van der Waals surface area contributed by atoms with Crippen LogP contribution in [-0.2, 0) is 57.0 Å². The SMILES string of the molecule is C=C[C@H](C)[C@@H]1C[C@@]2(OC[C@H](O[Si](C)(C)C(C)(C)C)C[C@@H]2/C=C(\C)C[C@H](C)C([C@H](O)[C@H]2O[C@]3(OC(C)(C)O[C@H]3C(=O)OCC)[C@H](C)C[C@@H]2OC)S(=O)(=O)c2ccccc2)OC(C)(C)O1. The molecule has 5 rings (SSSR count). The Morgan fingerprint density at radius 3 is 2.25 bits per heavy atom. The van der Waals surface area contributed by atoms with Gasteiger partial charge in [-0.2, -0.15) is 0 Å². The second kappa shape index (κ2) is 19.3. The third-order valence-electron chi connectivity index (χ3n) is 13.9. The second-order valence-corrected chi connectivity index (χ2v) is 27.8. The normalized spacial score (nSPS) is 34.6. The van der Waals surface area contributed by atoms with Gasteiger partial charge in [-0.05, 0) is 97.0 Å². The van der Waals surface area contributed by atoms with Gasteiger partial charge >= 0.3 is 5.97 Å². The van der Waals surface area contributed by atoms with Gasteiger partial charge in [-0.25, -0.2) is 13.2 Å². The molecule has 13 atom stereocenters. The minimum absolute atomic E-state index is 0.0189. The maximum absolute atomic E-state index is 15.0. The highest BCUT2D eigenvalue weighted by Crippen LogP contribution is 2.51. The number of hydrogen-bond acceptors (Lipinski definition) is 13. The summed E-state index contributed by atoms with van der Waals surface area (Å²) >= 11 is 0. The predicted molar refractivity (Wildman–Crippen MR) is 243 cm³/mol. The van der Waals surface area contributed by atoms with Crippen LogP contribution < -0.4 is 0 Å². The molecule has 358 valence electrons. The summed E-state index contributed by atoms with van der Waals surface area (Å²) in [4.78, 5) is 13.5. The first-order valence-corrected chi connectivity index (χ1v) is 27.2. The van der Waals surface area contributed by atoms with Crippen LogP contribution in [0.25, 0.3) is 0 Å². The summed E-state index contributed by atoms with van der Waals surface area (Å²) in [5.74, 6) is -7.09. The third-order valence-corrected chi connectivity index (χ3v) is 20.8. The molecule has 0 radical (unpaired) electrons. The van der Waals surface area contributed by atoms with Crippen LogP contribution >= 0.6 is 0 Å². The Hall–Kier alpha value is -2.02. The lowest BCUT2D eigenvalue weighted by Crippen LogP contribution is -2.64. The van der Waals surface area contributed by atoms with E-state index in [2.05, 4.69) is 53.4 Å². The molecule has 0 saturated carbocycles. The smallest absolute Gasteiger partial charge is 0.341 e. The van der Waals surface area contributed by atoms with Crippen LogP contribution in [-0.4, -0.2) is 113 Å². The molecule has 4 aliphatic heterocycles. The molecular formula is C48H78O13SSi. The Bertz CT molecular complexity index is 1880. The van der Waals surface area contributed by atoms with Crippen molar-refractivity contribution in [3.8, 4) is 0 Å². The first-order chi connectivity index (χ1) is 29.1. The highest BCUT2D eigenvalue weighted by molar-refractivity contribution is 7.92. The zero-order valence-corrected chi connectivity index (χ0v) is 42.4. The van der Waals surface area contributed by atoms with Crippen LogP contribution in [0.2, 0.25) is 18.1 Å². The van der Waals surface area contributed by atoms with Gasteiger partial charge in [0.2, 0.25) is 11.9 Å². The molecule has 1 aromatic rings. The number of aliphatic hydroxyl groups is 1. The highest BCUT2D eigenvalue weighted by Gasteiger charge is 2.66. The number of allylic oxidation sites excluding steroid dienone is 1. The van der Waals surface area contributed by atoms with Gasteiger partial charge < -0.3 is 47.4 Å². The molecule has 4 heterocycles. The van der Waals surface area contributed by atoms with Gasteiger partial charge in [0.15, 0.2) is 35.5 Å². The fraction of sp³-hybridized carbons (Fsp3) is 0.771. The zero-order valence-electron chi connectivity index (χ0n) is 40.6. The number of methoxy groups -OCH3 is 1. The lowest BCUT2D eigenvalue weighted by atomic mass is 9.80. The van der Waals surface area contributed by atoms with E-state index in [9.17, 15) is 18.3 Å². The number of esters is 1. The molecule has 0 aliphatic carbocycles. The Balaban J connectivity index is 1.55. The van der Waals surface area contributed by atoms with E-state index in [0.29, 0.717) is 19.4 Å². The summed E-state index contributed by atoms with van der Waals surface area (Å²) in [7, 11) is -4.94. The van der Waals surface area contributed by atoms with Crippen molar-refractivity contribution < 1.29 is 60.6 Å². The van der Waals surface area contributed by atoms with Crippen LogP contribution in [0.1, 0.15) is 109 Å². The quantitative estimate of drug-likeness (QED) is 0.102. The van der Waals surface area contributed by atoms with Crippen LogP contribution in [0, 0.1) is 23.7 Å².